The number of amides is 2. The molecular weight excluding hydrogens is 398 g/mol. The fourth-order valence-electron chi connectivity index (χ4n) is 4.17. The van der Waals surface area contributed by atoms with E-state index in [0.717, 1.165) is 63.4 Å². The van der Waals surface area contributed by atoms with E-state index in [4.69, 9.17) is 4.74 Å². The monoisotopic (exact) mass is 429 g/mol. The second-order valence-electron chi connectivity index (χ2n) is 8.30. The number of fused-ring (bicyclic) bond motifs is 1. The Labute approximate surface area is 185 Å². The molecule has 6 heteroatoms. The van der Waals surface area contributed by atoms with Crippen molar-refractivity contribution in [3.63, 3.8) is 0 Å². The molecule has 0 aromatic heterocycles. The number of piperidine rings is 1. The summed E-state index contributed by atoms with van der Waals surface area (Å²) in [6.07, 6.45) is 3.11. The second-order valence-corrected chi connectivity index (χ2v) is 8.30. The average Bonchev–Trinajstić information content (AvgIpc) is 2.77. The Morgan fingerprint density at radius 1 is 1.07 bits per heavy atom. The van der Waals surface area contributed by atoms with Gasteiger partial charge in [-0.25, -0.2) is 4.79 Å². The maximum Gasteiger partial charge on any atom is 0.317 e. The third-order valence-corrected chi connectivity index (χ3v) is 6.05. The first-order valence-electron chi connectivity index (χ1n) is 10.7. The number of urea groups is 1. The van der Waals surface area contributed by atoms with Crippen LogP contribution in [0.15, 0.2) is 48.5 Å². The van der Waals surface area contributed by atoms with E-state index in [1.54, 1.807) is 0 Å². The van der Waals surface area contributed by atoms with Gasteiger partial charge in [-0.15, -0.1) is 12.4 Å². The van der Waals surface area contributed by atoms with Gasteiger partial charge < -0.3 is 19.9 Å². The minimum absolute atomic E-state index is 0. The number of carbonyl (C=O) groups is 1. The molecule has 30 heavy (non-hydrogen) atoms. The SMILES string of the molecule is CN1CCc2ccc(OCC3CCN(C(=O)NCc4ccccc4)CC3)cc2C1.Cl. The molecule has 5 nitrogen and oxygen atoms in total. The number of hydrogen-bond donors (Lipinski definition) is 1. The number of nitrogens with one attached hydrogen (secondary N) is 1. The van der Waals surface area contributed by atoms with Crippen LogP contribution in [0.1, 0.15) is 29.5 Å². The molecule has 2 aromatic carbocycles. The summed E-state index contributed by atoms with van der Waals surface area (Å²) in [5.41, 5.74) is 3.96. The predicted octanol–water partition coefficient (Wildman–Crippen LogP) is 4.10. The van der Waals surface area contributed by atoms with Crippen molar-refractivity contribution in [2.24, 2.45) is 5.92 Å². The number of rotatable bonds is 5. The molecule has 2 aliphatic rings. The maximum absolute atomic E-state index is 12.4. The lowest BCUT2D eigenvalue weighted by molar-refractivity contribution is 0.145. The lowest BCUT2D eigenvalue weighted by atomic mass is 9.98. The summed E-state index contributed by atoms with van der Waals surface area (Å²) in [6.45, 7) is 5.03. The molecule has 4 rings (SSSR count). The molecule has 0 atom stereocenters. The van der Waals surface area contributed by atoms with Gasteiger partial charge in [0.05, 0.1) is 6.61 Å². The van der Waals surface area contributed by atoms with Gasteiger partial charge in [0.2, 0.25) is 0 Å². The van der Waals surface area contributed by atoms with Crippen LogP contribution in [0.4, 0.5) is 4.79 Å². The second kappa shape index (κ2) is 10.7. The molecule has 2 amide bonds. The van der Waals surface area contributed by atoms with Gasteiger partial charge in [0.15, 0.2) is 0 Å². The van der Waals surface area contributed by atoms with Gasteiger partial charge in [0.25, 0.3) is 0 Å². The normalized spacial score (nSPS) is 17.0. The van der Waals surface area contributed by atoms with E-state index in [1.165, 1.54) is 11.1 Å². The van der Waals surface area contributed by atoms with Crippen molar-refractivity contribution in [2.75, 3.05) is 33.3 Å². The van der Waals surface area contributed by atoms with E-state index in [9.17, 15) is 4.79 Å². The van der Waals surface area contributed by atoms with Gasteiger partial charge in [-0.1, -0.05) is 36.4 Å². The Morgan fingerprint density at radius 3 is 2.60 bits per heavy atom. The van der Waals surface area contributed by atoms with Crippen LogP contribution in [0.25, 0.3) is 0 Å². The van der Waals surface area contributed by atoms with E-state index in [-0.39, 0.29) is 18.4 Å². The summed E-state index contributed by atoms with van der Waals surface area (Å²) in [5.74, 6) is 1.48. The zero-order chi connectivity index (χ0) is 20.1. The molecular formula is C24H32ClN3O2. The fourth-order valence-corrected chi connectivity index (χ4v) is 4.17. The van der Waals surface area contributed by atoms with E-state index in [1.807, 2.05) is 35.2 Å². The van der Waals surface area contributed by atoms with E-state index >= 15 is 0 Å². The van der Waals surface area contributed by atoms with Crippen LogP contribution < -0.4 is 10.1 Å². The number of halogens is 1. The van der Waals surface area contributed by atoms with Crippen LogP contribution in [0.5, 0.6) is 5.75 Å². The summed E-state index contributed by atoms with van der Waals surface area (Å²) in [4.78, 5) is 16.7. The summed E-state index contributed by atoms with van der Waals surface area (Å²) in [7, 11) is 2.17. The molecule has 0 saturated carbocycles. The molecule has 2 aliphatic heterocycles. The van der Waals surface area contributed by atoms with Crippen LogP contribution in [-0.2, 0) is 19.5 Å². The minimum atomic E-state index is 0. The largest absolute Gasteiger partial charge is 0.493 e. The van der Waals surface area contributed by atoms with Crippen molar-refractivity contribution in [1.82, 2.24) is 15.1 Å². The summed E-state index contributed by atoms with van der Waals surface area (Å²) in [5, 5.41) is 3.03. The van der Waals surface area contributed by atoms with Crippen molar-refractivity contribution in [1.29, 1.82) is 0 Å². The summed E-state index contributed by atoms with van der Waals surface area (Å²) in [6, 6.07) is 16.6. The highest BCUT2D eigenvalue weighted by molar-refractivity contribution is 5.85. The lowest BCUT2D eigenvalue weighted by Gasteiger charge is -2.32. The standard InChI is InChI=1S/C24H31N3O2.ClH/c1-26-12-11-21-7-8-23(15-22(21)17-26)29-18-20-9-13-27(14-10-20)24(28)25-16-19-5-3-2-4-6-19;/h2-8,15,20H,9-14,16-18H2,1H3,(H,25,28);1H. The van der Waals surface area contributed by atoms with Gasteiger partial charge in [0.1, 0.15) is 5.75 Å². The molecule has 162 valence electrons. The number of likely N-dealkylation sites (N-methyl/N-ethyl adjacent to an activating group) is 1. The number of ether oxygens (including phenoxy) is 1. The van der Waals surface area contributed by atoms with Crippen molar-refractivity contribution in [3.05, 3.63) is 65.2 Å². The van der Waals surface area contributed by atoms with Gasteiger partial charge in [-0.3, -0.25) is 0 Å². The average molecular weight is 430 g/mol. The molecule has 0 spiro atoms. The van der Waals surface area contributed by atoms with Crippen LogP contribution in [0.3, 0.4) is 0 Å². The molecule has 0 unspecified atom stereocenters. The predicted molar refractivity (Wildman–Crippen MR) is 122 cm³/mol. The van der Waals surface area contributed by atoms with Gasteiger partial charge in [-0.05, 0) is 61.1 Å². The van der Waals surface area contributed by atoms with Crippen molar-refractivity contribution in [3.8, 4) is 5.75 Å². The first-order valence-corrected chi connectivity index (χ1v) is 10.7. The Kier molecular flexibility index (Phi) is 8.00. The van der Waals surface area contributed by atoms with Crippen molar-refractivity contribution < 1.29 is 9.53 Å². The van der Waals surface area contributed by atoms with Crippen molar-refractivity contribution >= 4 is 18.4 Å². The molecule has 1 N–H and O–H groups in total. The van der Waals surface area contributed by atoms with Gasteiger partial charge in [0, 0.05) is 32.7 Å². The fraction of sp³-hybridized carbons (Fsp3) is 0.458. The first-order chi connectivity index (χ1) is 14.2. The zero-order valence-electron chi connectivity index (χ0n) is 17.7. The minimum Gasteiger partial charge on any atom is -0.493 e. The van der Waals surface area contributed by atoms with Crippen LogP contribution in [0, 0.1) is 5.92 Å². The molecule has 2 aromatic rings. The van der Waals surface area contributed by atoms with E-state index in [2.05, 4.69) is 35.5 Å². The molecule has 0 aliphatic carbocycles. The highest BCUT2D eigenvalue weighted by atomic mass is 35.5. The Bertz CT molecular complexity index is 822. The first kappa shape index (κ1) is 22.4. The molecule has 0 radical (unpaired) electrons. The molecule has 0 bridgehead atoms. The van der Waals surface area contributed by atoms with Crippen LogP contribution >= 0.6 is 12.4 Å². The summed E-state index contributed by atoms with van der Waals surface area (Å²) >= 11 is 0. The lowest BCUT2D eigenvalue weighted by Crippen LogP contribution is -2.44. The number of carbonyl (C=O) groups excluding carboxylic acids is 1. The van der Waals surface area contributed by atoms with Gasteiger partial charge >= 0.3 is 6.03 Å². The smallest absolute Gasteiger partial charge is 0.317 e. The highest BCUT2D eigenvalue weighted by Gasteiger charge is 2.23. The van der Waals surface area contributed by atoms with E-state index in [0.29, 0.717) is 12.5 Å². The molecule has 1 fully saturated rings. The van der Waals surface area contributed by atoms with Gasteiger partial charge in [-0.2, -0.15) is 0 Å². The van der Waals surface area contributed by atoms with Crippen LogP contribution in [-0.4, -0.2) is 49.1 Å². The van der Waals surface area contributed by atoms with Crippen LogP contribution in [0.2, 0.25) is 0 Å². The number of likely N-dealkylation sites (tertiary alicyclic amines) is 1. The number of nitrogens with zero attached hydrogens (tertiary/aromatic N) is 2. The molecule has 1 saturated heterocycles. The third kappa shape index (κ3) is 5.89. The molecule has 2 heterocycles. The Balaban J connectivity index is 0.00000256. The Morgan fingerprint density at radius 2 is 1.83 bits per heavy atom. The zero-order valence-corrected chi connectivity index (χ0v) is 18.5. The number of benzene rings is 2. The topological polar surface area (TPSA) is 44.8 Å². The number of hydrogen-bond acceptors (Lipinski definition) is 3. The van der Waals surface area contributed by atoms with Crippen molar-refractivity contribution in [2.45, 2.75) is 32.4 Å². The highest BCUT2D eigenvalue weighted by Crippen LogP contribution is 2.25. The quantitative estimate of drug-likeness (QED) is 0.778. The Hall–Kier alpha value is -2.24. The maximum atomic E-state index is 12.4. The summed E-state index contributed by atoms with van der Waals surface area (Å²) < 4.78 is 6.11. The third-order valence-electron chi connectivity index (χ3n) is 6.05. The van der Waals surface area contributed by atoms with E-state index < -0.39 is 0 Å².